The van der Waals surface area contributed by atoms with Gasteiger partial charge in [0.15, 0.2) is 5.13 Å². The minimum atomic E-state index is 0.0551. The summed E-state index contributed by atoms with van der Waals surface area (Å²) in [6.45, 7) is 3.50. The lowest BCUT2D eigenvalue weighted by Crippen LogP contribution is -2.28. The van der Waals surface area contributed by atoms with E-state index in [-0.39, 0.29) is 11.8 Å². The molecule has 1 aliphatic rings. The third-order valence-electron chi connectivity index (χ3n) is 3.59. The molecule has 2 aromatic heterocycles. The molecule has 0 atom stereocenters. The lowest BCUT2D eigenvalue weighted by atomic mass is 10.00. The summed E-state index contributed by atoms with van der Waals surface area (Å²) < 4.78 is 5.28. The molecule has 0 aromatic carbocycles. The molecule has 1 aliphatic heterocycles. The van der Waals surface area contributed by atoms with Crippen molar-refractivity contribution >= 4 is 33.7 Å². The van der Waals surface area contributed by atoms with Crippen LogP contribution in [-0.4, -0.2) is 24.1 Å². The first kappa shape index (κ1) is 14.7. The Hall–Kier alpha value is -1.24. The van der Waals surface area contributed by atoms with Crippen molar-refractivity contribution in [3.05, 3.63) is 22.4 Å². The molecule has 6 heteroatoms. The Morgan fingerprint density at radius 2 is 2.24 bits per heavy atom. The van der Waals surface area contributed by atoms with Crippen molar-refractivity contribution in [2.45, 2.75) is 26.2 Å². The normalized spacial score (nSPS) is 16.0. The zero-order valence-electron chi connectivity index (χ0n) is 11.9. The average molecular weight is 322 g/mol. The number of aromatic nitrogens is 1. The lowest BCUT2D eigenvalue weighted by molar-refractivity contribution is -0.122. The molecule has 0 aliphatic carbocycles. The molecule has 1 fully saturated rings. The highest BCUT2D eigenvalue weighted by molar-refractivity contribution is 7.17. The van der Waals surface area contributed by atoms with Crippen molar-refractivity contribution < 1.29 is 9.53 Å². The summed E-state index contributed by atoms with van der Waals surface area (Å²) in [4.78, 5) is 19.2. The molecule has 1 saturated heterocycles. The van der Waals surface area contributed by atoms with Crippen LogP contribution in [0, 0.1) is 5.92 Å². The predicted molar refractivity (Wildman–Crippen MR) is 87.0 cm³/mol. The first-order valence-electron chi connectivity index (χ1n) is 7.19. The Bertz CT molecular complexity index is 615. The molecule has 2 aromatic rings. The van der Waals surface area contributed by atoms with E-state index in [9.17, 15) is 4.79 Å². The largest absolute Gasteiger partial charge is 0.381 e. The fourth-order valence-corrected chi connectivity index (χ4v) is 4.01. The van der Waals surface area contributed by atoms with E-state index in [4.69, 9.17) is 4.74 Å². The van der Waals surface area contributed by atoms with Crippen LogP contribution in [0.15, 0.2) is 17.5 Å². The van der Waals surface area contributed by atoms with E-state index in [0.29, 0.717) is 18.3 Å². The summed E-state index contributed by atoms with van der Waals surface area (Å²) >= 11 is 3.25. The summed E-state index contributed by atoms with van der Waals surface area (Å²) in [5, 5.41) is 5.63. The van der Waals surface area contributed by atoms with E-state index < -0.39 is 0 Å². The Labute approximate surface area is 132 Å². The number of thiophene rings is 1. The Morgan fingerprint density at radius 3 is 2.95 bits per heavy atom. The molecule has 1 amide bonds. The second kappa shape index (κ2) is 6.68. The van der Waals surface area contributed by atoms with Gasteiger partial charge in [-0.25, -0.2) is 4.98 Å². The molecule has 3 heterocycles. The van der Waals surface area contributed by atoms with Crippen molar-refractivity contribution in [1.82, 2.24) is 4.98 Å². The minimum absolute atomic E-state index is 0.0551. The van der Waals surface area contributed by atoms with Gasteiger partial charge in [0.05, 0.1) is 10.6 Å². The van der Waals surface area contributed by atoms with Gasteiger partial charge in [0.1, 0.15) is 0 Å². The quantitative estimate of drug-likeness (QED) is 0.931. The first-order valence-corrected chi connectivity index (χ1v) is 8.89. The van der Waals surface area contributed by atoms with Crippen LogP contribution in [0.5, 0.6) is 0 Å². The van der Waals surface area contributed by atoms with Crippen LogP contribution >= 0.6 is 22.7 Å². The minimum Gasteiger partial charge on any atom is -0.381 e. The van der Waals surface area contributed by atoms with E-state index in [1.165, 1.54) is 16.2 Å². The molecule has 1 N–H and O–H groups in total. The molecule has 0 unspecified atom stereocenters. The number of hydrogen-bond acceptors (Lipinski definition) is 5. The second-order valence-corrected chi connectivity index (χ2v) is 7.06. The van der Waals surface area contributed by atoms with Crippen LogP contribution in [0.2, 0.25) is 0 Å². The van der Waals surface area contributed by atoms with Crippen LogP contribution in [0.4, 0.5) is 5.13 Å². The summed E-state index contributed by atoms with van der Waals surface area (Å²) in [6, 6.07) is 4.24. The SMILES string of the molecule is CCc1ccc(-c2csc(NC(=O)C3CCOCC3)n2)s1. The molecule has 112 valence electrons. The van der Waals surface area contributed by atoms with Gasteiger partial charge in [-0.2, -0.15) is 0 Å². The van der Waals surface area contributed by atoms with Crippen molar-refractivity contribution in [2.75, 3.05) is 18.5 Å². The monoisotopic (exact) mass is 322 g/mol. The maximum Gasteiger partial charge on any atom is 0.229 e. The number of ether oxygens (including phenoxy) is 1. The zero-order valence-corrected chi connectivity index (χ0v) is 13.6. The van der Waals surface area contributed by atoms with Gasteiger partial charge in [-0.1, -0.05) is 6.92 Å². The van der Waals surface area contributed by atoms with Crippen LogP contribution in [-0.2, 0) is 16.0 Å². The van der Waals surface area contributed by atoms with Gasteiger partial charge in [0.25, 0.3) is 0 Å². The van der Waals surface area contributed by atoms with Crippen LogP contribution in [0.3, 0.4) is 0 Å². The van der Waals surface area contributed by atoms with Crippen molar-refractivity contribution in [3.8, 4) is 10.6 Å². The highest BCUT2D eigenvalue weighted by Gasteiger charge is 2.22. The first-order chi connectivity index (χ1) is 10.3. The molecule has 3 rings (SSSR count). The number of nitrogens with one attached hydrogen (secondary N) is 1. The maximum atomic E-state index is 12.2. The fraction of sp³-hybridized carbons (Fsp3) is 0.467. The Morgan fingerprint density at radius 1 is 1.43 bits per heavy atom. The molecular weight excluding hydrogens is 304 g/mol. The maximum absolute atomic E-state index is 12.2. The smallest absolute Gasteiger partial charge is 0.229 e. The summed E-state index contributed by atoms with van der Waals surface area (Å²) in [7, 11) is 0. The number of rotatable bonds is 4. The molecule has 0 radical (unpaired) electrons. The van der Waals surface area contributed by atoms with Gasteiger partial charge >= 0.3 is 0 Å². The topological polar surface area (TPSA) is 51.2 Å². The van der Waals surface area contributed by atoms with Crippen LogP contribution in [0.1, 0.15) is 24.6 Å². The van der Waals surface area contributed by atoms with Gasteiger partial charge in [-0.15, -0.1) is 22.7 Å². The zero-order chi connectivity index (χ0) is 14.7. The fourth-order valence-electron chi connectivity index (χ4n) is 2.32. The standard InChI is InChI=1S/C15H18N2O2S2/c1-2-11-3-4-13(21-11)12-9-20-15(16-12)17-14(18)10-5-7-19-8-6-10/h3-4,9-10H,2,5-8H2,1H3,(H,16,17,18). The van der Waals surface area contributed by atoms with E-state index in [0.717, 1.165) is 29.8 Å². The molecule has 0 saturated carbocycles. The van der Waals surface area contributed by atoms with E-state index in [1.807, 2.05) is 5.38 Å². The summed E-state index contributed by atoms with van der Waals surface area (Å²) in [5.74, 6) is 0.124. The average Bonchev–Trinajstić information content (AvgIpc) is 3.16. The van der Waals surface area contributed by atoms with Gasteiger partial charge in [-0.3, -0.25) is 4.79 Å². The Kier molecular flexibility index (Phi) is 4.67. The molecule has 4 nitrogen and oxygen atoms in total. The number of carbonyl (C=O) groups excluding carboxylic acids is 1. The molecule has 0 spiro atoms. The highest BCUT2D eigenvalue weighted by atomic mass is 32.1. The number of aryl methyl sites for hydroxylation is 1. The molecule has 0 bridgehead atoms. The van der Waals surface area contributed by atoms with Gasteiger partial charge in [0.2, 0.25) is 5.91 Å². The Balaban J connectivity index is 1.65. The highest BCUT2D eigenvalue weighted by Crippen LogP contribution is 2.31. The van der Waals surface area contributed by atoms with Crippen molar-refractivity contribution in [1.29, 1.82) is 0 Å². The lowest BCUT2D eigenvalue weighted by Gasteiger charge is -2.20. The van der Waals surface area contributed by atoms with E-state index in [2.05, 4.69) is 29.4 Å². The van der Waals surface area contributed by atoms with Gasteiger partial charge in [-0.05, 0) is 31.4 Å². The van der Waals surface area contributed by atoms with Gasteiger partial charge in [0, 0.05) is 29.4 Å². The number of nitrogens with zero attached hydrogens (tertiary/aromatic N) is 1. The number of thiazole rings is 1. The second-order valence-electron chi connectivity index (χ2n) is 5.03. The molecule has 21 heavy (non-hydrogen) atoms. The number of carbonyl (C=O) groups is 1. The van der Waals surface area contributed by atoms with Crippen LogP contribution < -0.4 is 5.32 Å². The number of hydrogen-bond donors (Lipinski definition) is 1. The van der Waals surface area contributed by atoms with Gasteiger partial charge < -0.3 is 10.1 Å². The van der Waals surface area contributed by atoms with Crippen molar-refractivity contribution in [3.63, 3.8) is 0 Å². The number of amides is 1. The van der Waals surface area contributed by atoms with Crippen LogP contribution in [0.25, 0.3) is 10.6 Å². The third kappa shape index (κ3) is 3.51. The van der Waals surface area contributed by atoms with E-state index in [1.54, 1.807) is 11.3 Å². The number of anilines is 1. The predicted octanol–water partition coefficient (Wildman–Crippen LogP) is 3.80. The summed E-state index contributed by atoms with van der Waals surface area (Å²) in [5.41, 5.74) is 0.951. The summed E-state index contributed by atoms with van der Waals surface area (Å²) in [6.07, 6.45) is 2.64. The van der Waals surface area contributed by atoms with Crippen molar-refractivity contribution in [2.24, 2.45) is 5.92 Å². The molecular formula is C15H18N2O2S2. The third-order valence-corrected chi connectivity index (χ3v) is 5.60. The van der Waals surface area contributed by atoms with E-state index >= 15 is 0 Å².